The molecule has 0 amide bonds. The predicted octanol–water partition coefficient (Wildman–Crippen LogP) is 1.26. The smallest absolute Gasteiger partial charge is 0.303 e. The number of carbonyl (C=O) groups is 1. The van der Waals surface area contributed by atoms with Gasteiger partial charge in [0.1, 0.15) is 4.21 Å². The molecule has 3 N–H and O–H groups in total. The van der Waals surface area contributed by atoms with Gasteiger partial charge >= 0.3 is 5.97 Å². The SMILES string of the molecule is NS(=O)(=O)c1cc2c(s1)SN(CCCC(=O)O)C(CN1CCOCC1)=C2. The number of fused-ring (bicyclic) bond motifs is 1. The van der Waals surface area contributed by atoms with Crippen molar-refractivity contribution in [1.29, 1.82) is 0 Å². The Morgan fingerprint density at radius 2 is 2.08 bits per heavy atom. The molecule has 0 saturated carbocycles. The fraction of sp³-hybridized carbons (Fsp3) is 0.533. The molecule has 0 atom stereocenters. The number of sulfonamides is 1. The number of nitrogens with two attached hydrogens (primary N) is 1. The summed E-state index contributed by atoms with van der Waals surface area (Å²) in [5.41, 5.74) is 1.88. The highest BCUT2D eigenvalue weighted by Gasteiger charge is 2.26. The van der Waals surface area contributed by atoms with Gasteiger partial charge in [0, 0.05) is 43.9 Å². The lowest BCUT2D eigenvalue weighted by molar-refractivity contribution is -0.137. The molecule has 0 radical (unpaired) electrons. The molecule has 1 aromatic rings. The number of carboxylic acid groups (broad SMARTS) is 1. The van der Waals surface area contributed by atoms with E-state index in [1.165, 1.54) is 11.9 Å². The molecule has 144 valence electrons. The van der Waals surface area contributed by atoms with E-state index < -0.39 is 16.0 Å². The number of ether oxygens (including phenoxy) is 1. The van der Waals surface area contributed by atoms with Gasteiger partial charge in [-0.05, 0) is 30.5 Å². The minimum absolute atomic E-state index is 0.0988. The van der Waals surface area contributed by atoms with Crippen molar-refractivity contribution in [2.75, 3.05) is 39.4 Å². The van der Waals surface area contributed by atoms with Crippen LogP contribution in [0.2, 0.25) is 0 Å². The number of primary sulfonamides is 1. The van der Waals surface area contributed by atoms with Crippen LogP contribution in [0.15, 0.2) is 20.2 Å². The van der Waals surface area contributed by atoms with Crippen molar-refractivity contribution in [3.63, 3.8) is 0 Å². The molecule has 0 aromatic carbocycles. The molecule has 0 aliphatic carbocycles. The third-order valence-electron chi connectivity index (χ3n) is 4.06. The maximum atomic E-state index is 11.6. The first-order valence-corrected chi connectivity index (χ1v) is 11.3. The molecule has 2 aliphatic rings. The van der Waals surface area contributed by atoms with Crippen LogP contribution in [-0.4, -0.2) is 68.1 Å². The second kappa shape index (κ2) is 8.28. The average molecular weight is 420 g/mol. The molecule has 3 heterocycles. The number of aliphatic carboxylic acids is 1. The summed E-state index contributed by atoms with van der Waals surface area (Å²) in [7, 11) is -3.73. The zero-order chi connectivity index (χ0) is 18.7. The molecule has 0 unspecified atom stereocenters. The average Bonchev–Trinajstić information content (AvgIpc) is 2.99. The normalized spacial score (nSPS) is 18.5. The number of morpholine rings is 1. The number of thiophene rings is 1. The van der Waals surface area contributed by atoms with Crippen molar-refractivity contribution in [2.45, 2.75) is 21.3 Å². The van der Waals surface area contributed by atoms with E-state index in [-0.39, 0.29) is 10.6 Å². The summed E-state index contributed by atoms with van der Waals surface area (Å²) < 4.78 is 31.7. The molecule has 3 rings (SSSR count). The van der Waals surface area contributed by atoms with E-state index in [0.717, 1.165) is 39.9 Å². The summed E-state index contributed by atoms with van der Waals surface area (Å²) in [5, 5.41) is 14.1. The van der Waals surface area contributed by atoms with Crippen molar-refractivity contribution >= 4 is 45.4 Å². The summed E-state index contributed by atoms with van der Waals surface area (Å²) >= 11 is 2.60. The van der Waals surface area contributed by atoms with Crippen LogP contribution >= 0.6 is 23.3 Å². The zero-order valence-corrected chi connectivity index (χ0v) is 16.5. The van der Waals surface area contributed by atoms with Crippen LogP contribution in [0.3, 0.4) is 0 Å². The van der Waals surface area contributed by atoms with Crippen LogP contribution in [-0.2, 0) is 19.6 Å². The van der Waals surface area contributed by atoms with Crippen LogP contribution in [0, 0.1) is 0 Å². The maximum Gasteiger partial charge on any atom is 0.303 e. The molecule has 0 spiro atoms. The van der Waals surface area contributed by atoms with Crippen molar-refractivity contribution < 1.29 is 23.1 Å². The van der Waals surface area contributed by atoms with Crippen molar-refractivity contribution in [3.8, 4) is 0 Å². The Kier molecular flexibility index (Phi) is 6.25. The summed E-state index contributed by atoms with van der Waals surface area (Å²) in [6, 6.07) is 1.61. The summed E-state index contributed by atoms with van der Waals surface area (Å²) in [6.45, 7) is 4.35. The molecule has 11 heteroatoms. The van der Waals surface area contributed by atoms with E-state index in [9.17, 15) is 13.2 Å². The van der Waals surface area contributed by atoms with Crippen LogP contribution in [0.4, 0.5) is 0 Å². The minimum Gasteiger partial charge on any atom is -0.481 e. The topological polar surface area (TPSA) is 113 Å². The zero-order valence-electron chi connectivity index (χ0n) is 14.1. The molecule has 8 nitrogen and oxygen atoms in total. The molecule has 26 heavy (non-hydrogen) atoms. The highest BCUT2D eigenvalue weighted by Crippen LogP contribution is 2.42. The van der Waals surface area contributed by atoms with Crippen LogP contribution in [0.25, 0.3) is 6.08 Å². The van der Waals surface area contributed by atoms with E-state index >= 15 is 0 Å². The first-order chi connectivity index (χ1) is 12.3. The van der Waals surface area contributed by atoms with Crippen LogP contribution < -0.4 is 5.14 Å². The Hall–Kier alpha value is -1.11. The number of hydrogen-bond donors (Lipinski definition) is 2. The van der Waals surface area contributed by atoms with Gasteiger partial charge < -0.3 is 14.1 Å². The first-order valence-electron chi connectivity index (χ1n) is 8.17. The molecule has 2 aliphatic heterocycles. The van der Waals surface area contributed by atoms with Crippen LogP contribution in [0.1, 0.15) is 18.4 Å². The number of carboxylic acids is 1. The highest BCUT2D eigenvalue weighted by atomic mass is 32.3. The van der Waals surface area contributed by atoms with Gasteiger partial charge in [0.2, 0.25) is 10.0 Å². The Balaban J connectivity index is 1.80. The summed E-state index contributed by atoms with van der Waals surface area (Å²) in [5.74, 6) is -0.820. The van der Waals surface area contributed by atoms with Gasteiger partial charge in [-0.3, -0.25) is 9.69 Å². The molecule has 0 bridgehead atoms. The van der Waals surface area contributed by atoms with Gasteiger partial charge in [-0.15, -0.1) is 11.3 Å². The van der Waals surface area contributed by atoms with E-state index in [1.54, 1.807) is 6.07 Å². The summed E-state index contributed by atoms with van der Waals surface area (Å²) in [6.07, 6.45) is 2.60. The number of hydrogen-bond acceptors (Lipinski definition) is 8. The molecule has 1 saturated heterocycles. The number of rotatable bonds is 7. The van der Waals surface area contributed by atoms with E-state index in [0.29, 0.717) is 32.7 Å². The lowest BCUT2D eigenvalue weighted by Gasteiger charge is -2.34. The lowest BCUT2D eigenvalue weighted by atomic mass is 10.2. The molecule has 1 fully saturated rings. The largest absolute Gasteiger partial charge is 0.481 e. The monoisotopic (exact) mass is 419 g/mol. The summed E-state index contributed by atoms with van der Waals surface area (Å²) in [4.78, 5) is 13.1. The predicted molar refractivity (Wildman–Crippen MR) is 100 cm³/mol. The Bertz CT molecular complexity index is 799. The van der Waals surface area contributed by atoms with Crippen molar-refractivity contribution in [2.24, 2.45) is 5.14 Å². The van der Waals surface area contributed by atoms with Crippen molar-refractivity contribution in [1.82, 2.24) is 9.21 Å². The van der Waals surface area contributed by atoms with Crippen molar-refractivity contribution in [3.05, 3.63) is 17.3 Å². The Morgan fingerprint density at radius 3 is 2.73 bits per heavy atom. The first kappa shape index (κ1) is 19.6. The standard InChI is InChI=1S/C15H21N3O5S3/c16-26(21,22)14-9-11-8-12(10-17-4-6-23-7-5-17)18(25-15(11)24-14)3-1-2-13(19)20/h8-9H,1-7,10H2,(H,19,20)(H2,16,21,22). The second-order valence-corrected chi connectivity index (χ2v) is 10.2. The maximum absolute atomic E-state index is 11.6. The Labute approximate surface area is 160 Å². The lowest BCUT2D eigenvalue weighted by Crippen LogP contribution is -2.39. The third kappa shape index (κ3) is 4.99. The fourth-order valence-electron chi connectivity index (χ4n) is 2.76. The Morgan fingerprint density at radius 1 is 1.35 bits per heavy atom. The molecule has 1 aromatic heterocycles. The minimum atomic E-state index is -3.73. The number of nitrogens with zero attached hydrogens (tertiary/aromatic N) is 2. The van der Waals surface area contributed by atoms with Gasteiger partial charge in [-0.25, -0.2) is 13.6 Å². The van der Waals surface area contributed by atoms with Gasteiger partial charge in [-0.2, -0.15) is 0 Å². The fourth-order valence-corrected chi connectivity index (χ4v) is 6.09. The van der Waals surface area contributed by atoms with Gasteiger partial charge in [-0.1, -0.05) is 0 Å². The molecular weight excluding hydrogens is 398 g/mol. The van der Waals surface area contributed by atoms with E-state index in [2.05, 4.69) is 9.21 Å². The molecular formula is C15H21N3O5S3. The van der Waals surface area contributed by atoms with Gasteiger partial charge in [0.25, 0.3) is 0 Å². The van der Waals surface area contributed by atoms with Gasteiger partial charge in [0.15, 0.2) is 0 Å². The highest BCUT2D eigenvalue weighted by molar-refractivity contribution is 7.99. The van der Waals surface area contributed by atoms with Crippen LogP contribution in [0.5, 0.6) is 0 Å². The van der Waals surface area contributed by atoms with E-state index in [1.807, 2.05) is 6.08 Å². The van der Waals surface area contributed by atoms with Gasteiger partial charge in [0.05, 0.1) is 17.4 Å². The quantitative estimate of drug-likeness (QED) is 0.635. The second-order valence-electron chi connectivity index (χ2n) is 6.07. The third-order valence-corrected chi connectivity index (χ3v) is 7.94. The van der Waals surface area contributed by atoms with E-state index in [4.69, 9.17) is 15.0 Å².